The van der Waals surface area contributed by atoms with Gasteiger partial charge in [0.05, 0.1) is 12.3 Å². The number of carbonyl (C=O) groups excluding carboxylic acids is 2. The number of benzene rings is 2. The summed E-state index contributed by atoms with van der Waals surface area (Å²) in [4.78, 5) is 25.7. The Kier molecular flexibility index (Phi) is 6.42. The van der Waals surface area contributed by atoms with Gasteiger partial charge in [-0.2, -0.15) is 5.10 Å². The van der Waals surface area contributed by atoms with E-state index in [2.05, 4.69) is 20.6 Å². The summed E-state index contributed by atoms with van der Waals surface area (Å²) >= 11 is 1.49. The minimum absolute atomic E-state index is 0.112. The van der Waals surface area contributed by atoms with Gasteiger partial charge in [0.15, 0.2) is 5.16 Å². The Labute approximate surface area is 184 Å². The molecule has 0 bridgehead atoms. The van der Waals surface area contributed by atoms with Gasteiger partial charge in [-0.25, -0.2) is 5.01 Å². The number of amides is 2. The van der Waals surface area contributed by atoms with E-state index >= 15 is 0 Å². The van der Waals surface area contributed by atoms with Gasteiger partial charge >= 0.3 is 0 Å². The average molecular weight is 435 g/mol. The minimum Gasteiger partial charge on any atom is -0.326 e. The smallest absolute Gasteiger partial charge is 0.243 e. The van der Waals surface area contributed by atoms with Crippen LogP contribution in [0.1, 0.15) is 24.8 Å². The monoisotopic (exact) mass is 434 g/mol. The fourth-order valence-corrected chi connectivity index (χ4v) is 3.88. The SMILES string of the molecule is Cn1cnnc1Sc1ccc(NC(=O)CCC(=O)N2CCC(c3ccccc3)=N2)cc1. The molecule has 31 heavy (non-hydrogen) atoms. The number of hydrogen-bond donors (Lipinski definition) is 1. The molecule has 0 unspecified atom stereocenters. The molecule has 0 radical (unpaired) electrons. The average Bonchev–Trinajstić information content (AvgIpc) is 3.44. The van der Waals surface area contributed by atoms with Gasteiger partial charge < -0.3 is 9.88 Å². The number of hydrogen-bond acceptors (Lipinski definition) is 6. The number of nitrogens with zero attached hydrogens (tertiary/aromatic N) is 5. The third-order valence-electron chi connectivity index (χ3n) is 4.78. The van der Waals surface area contributed by atoms with Crippen LogP contribution in [-0.4, -0.2) is 43.8 Å². The summed E-state index contributed by atoms with van der Waals surface area (Å²) in [5.74, 6) is -0.343. The number of aryl methyl sites for hydroxylation is 1. The predicted octanol–water partition coefficient (Wildman–Crippen LogP) is 3.32. The summed E-state index contributed by atoms with van der Waals surface area (Å²) in [6, 6.07) is 17.3. The molecule has 2 aromatic carbocycles. The van der Waals surface area contributed by atoms with E-state index in [1.807, 2.05) is 66.2 Å². The quantitative estimate of drug-likeness (QED) is 0.616. The van der Waals surface area contributed by atoms with Gasteiger partial charge in [0, 0.05) is 36.9 Å². The Balaban J connectivity index is 1.25. The molecule has 158 valence electrons. The lowest BCUT2D eigenvalue weighted by Gasteiger charge is -2.11. The van der Waals surface area contributed by atoms with Crippen molar-refractivity contribution in [2.24, 2.45) is 12.1 Å². The van der Waals surface area contributed by atoms with E-state index in [4.69, 9.17) is 0 Å². The Hall–Kier alpha value is -3.46. The zero-order valence-electron chi connectivity index (χ0n) is 17.1. The maximum absolute atomic E-state index is 12.4. The molecule has 0 saturated heterocycles. The summed E-state index contributed by atoms with van der Waals surface area (Å²) < 4.78 is 1.84. The van der Waals surface area contributed by atoms with Crippen LogP contribution in [0, 0.1) is 0 Å². The van der Waals surface area contributed by atoms with E-state index in [1.165, 1.54) is 16.8 Å². The first-order chi connectivity index (χ1) is 15.1. The second-order valence-electron chi connectivity index (χ2n) is 7.08. The van der Waals surface area contributed by atoms with E-state index in [0.29, 0.717) is 12.2 Å². The number of hydrazone groups is 1. The first kappa shape index (κ1) is 20.8. The van der Waals surface area contributed by atoms with Gasteiger partial charge in [0.25, 0.3) is 0 Å². The van der Waals surface area contributed by atoms with Crippen molar-refractivity contribution < 1.29 is 9.59 Å². The van der Waals surface area contributed by atoms with Gasteiger partial charge in [0.2, 0.25) is 11.8 Å². The third-order valence-corrected chi connectivity index (χ3v) is 5.84. The van der Waals surface area contributed by atoms with Crippen molar-refractivity contribution in [2.45, 2.75) is 29.3 Å². The molecule has 8 nitrogen and oxygen atoms in total. The number of aromatic nitrogens is 3. The zero-order valence-corrected chi connectivity index (χ0v) is 17.9. The highest BCUT2D eigenvalue weighted by Crippen LogP contribution is 2.26. The van der Waals surface area contributed by atoms with Crippen molar-refractivity contribution >= 4 is 35.0 Å². The molecule has 9 heteroatoms. The Morgan fingerprint density at radius 2 is 1.84 bits per heavy atom. The Morgan fingerprint density at radius 3 is 2.55 bits per heavy atom. The molecule has 0 fully saturated rings. The topological polar surface area (TPSA) is 92.5 Å². The van der Waals surface area contributed by atoms with Crippen LogP contribution < -0.4 is 5.32 Å². The lowest BCUT2D eigenvalue weighted by molar-refractivity contribution is -0.132. The number of anilines is 1. The van der Waals surface area contributed by atoms with Crippen LogP contribution in [-0.2, 0) is 16.6 Å². The molecule has 1 N–H and O–H groups in total. The van der Waals surface area contributed by atoms with Crippen LogP contribution >= 0.6 is 11.8 Å². The summed E-state index contributed by atoms with van der Waals surface area (Å²) in [6.45, 7) is 0.551. The third kappa shape index (κ3) is 5.37. The molecular formula is C22H22N6O2S. The van der Waals surface area contributed by atoms with E-state index < -0.39 is 0 Å². The van der Waals surface area contributed by atoms with Crippen molar-refractivity contribution in [1.82, 2.24) is 19.8 Å². The molecule has 0 spiro atoms. The minimum atomic E-state index is -0.200. The van der Waals surface area contributed by atoms with Gasteiger partial charge in [0.1, 0.15) is 6.33 Å². The lowest BCUT2D eigenvalue weighted by Crippen LogP contribution is -2.24. The first-order valence-corrected chi connectivity index (χ1v) is 10.7. The maximum Gasteiger partial charge on any atom is 0.243 e. The summed E-state index contributed by atoms with van der Waals surface area (Å²) in [6.07, 6.45) is 2.60. The number of nitrogens with one attached hydrogen (secondary N) is 1. The van der Waals surface area contributed by atoms with Crippen molar-refractivity contribution in [3.05, 3.63) is 66.5 Å². The fourth-order valence-electron chi connectivity index (χ4n) is 3.12. The summed E-state index contributed by atoms with van der Waals surface area (Å²) in [5, 5.41) is 17.4. The number of rotatable bonds is 7. The van der Waals surface area contributed by atoms with Gasteiger partial charge in [-0.05, 0) is 41.6 Å². The molecule has 3 aromatic rings. The first-order valence-electron chi connectivity index (χ1n) is 9.93. The second kappa shape index (κ2) is 9.57. The van der Waals surface area contributed by atoms with Crippen LogP contribution in [0.5, 0.6) is 0 Å². The van der Waals surface area contributed by atoms with Gasteiger partial charge in [-0.1, -0.05) is 30.3 Å². The molecule has 0 aliphatic carbocycles. The highest BCUT2D eigenvalue weighted by molar-refractivity contribution is 7.99. The van der Waals surface area contributed by atoms with Crippen LogP contribution in [0.3, 0.4) is 0 Å². The summed E-state index contributed by atoms with van der Waals surface area (Å²) in [5.41, 5.74) is 2.61. The fraction of sp³-hybridized carbons (Fsp3) is 0.227. The molecule has 0 atom stereocenters. The highest BCUT2D eigenvalue weighted by Gasteiger charge is 2.21. The standard InChI is InChI=1S/C22H22N6O2S/c1-27-15-23-25-22(27)31-18-9-7-17(8-10-18)24-20(29)11-12-21(30)28-14-13-19(26-28)16-5-3-2-4-6-16/h2-10,15H,11-14H2,1H3,(H,24,29). The normalized spacial score (nSPS) is 13.2. The van der Waals surface area contributed by atoms with Crippen molar-refractivity contribution in [1.29, 1.82) is 0 Å². The molecular weight excluding hydrogens is 412 g/mol. The Morgan fingerprint density at radius 1 is 1.06 bits per heavy atom. The largest absolute Gasteiger partial charge is 0.326 e. The van der Waals surface area contributed by atoms with E-state index in [1.54, 1.807) is 6.33 Å². The second-order valence-corrected chi connectivity index (χ2v) is 8.12. The molecule has 0 saturated carbocycles. The van der Waals surface area contributed by atoms with Crippen LogP contribution in [0.25, 0.3) is 0 Å². The lowest BCUT2D eigenvalue weighted by atomic mass is 10.1. The van der Waals surface area contributed by atoms with Crippen molar-refractivity contribution in [2.75, 3.05) is 11.9 Å². The Bertz CT molecular complexity index is 1090. The van der Waals surface area contributed by atoms with Crippen molar-refractivity contribution in [3.8, 4) is 0 Å². The van der Waals surface area contributed by atoms with E-state index in [-0.39, 0.29) is 24.7 Å². The van der Waals surface area contributed by atoms with Gasteiger partial charge in [-0.15, -0.1) is 10.2 Å². The molecule has 4 rings (SSSR count). The summed E-state index contributed by atoms with van der Waals surface area (Å²) in [7, 11) is 1.88. The van der Waals surface area contributed by atoms with Crippen molar-refractivity contribution in [3.63, 3.8) is 0 Å². The van der Waals surface area contributed by atoms with E-state index in [0.717, 1.165) is 27.7 Å². The zero-order chi connectivity index (χ0) is 21.6. The maximum atomic E-state index is 12.4. The molecule has 2 amide bonds. The van der Waals surface area contributed by atoms with Crippen LogP contribution in [0.2, 0.25) is 0 Å². The van der Waals surface area contributed by atoms with Crippen LogP contribution in [0.4, 0.5) is 5.69 Å². The van der Waals surface area contributed by atoms with Gasteiger partial charge in [-0.3, -0.25) is 9.59 Å². The molecule has 1 aromatic heterocycles. The van der Waals surface area contributed by atoms with E-state index in [9.17, 15) is 9.59 Å². The molecule has 1 aliphatic rings. The molecule has 2 heterocycles. The van der Waals surface area contributed by atoms with Crippen LogP contribution in [0.15, 0.2) is 76.1 Å². The number of carbonyl (C=O) groups is 2. The molecule has 1 aliphatic heterocycles. The highest BCUT2D eigenvalue weighted by atomic mass is 32.2. The predicted molar refractivity (Wildman–Crippen MR) is 119 cm³/mol.